The maximum absolute atomic E-state index is 13.0. The number of Topliss-reactive ketones (excluding diaryl/α,β-unsaturated/α-hetero) is 1. The molecule has 27 heavy (non-hydrogen) atoms. The molecule has 2 aromatic rings. The van der Waals surface area contributed by atoms with Crippen LogP contribution in [0.1, 0.15) is 22.8 Å². The fraction of sp³-hybridized carbons (Fsp3) is 0.350. The van der Waals surface area contributed by atoms with Crippen molar-refractivity contribution in [2.75, 3.05) is 38.2 Å². The van der Waals surface area contributed by atoms with E-state index in [0.29, 0.717) is 48.0 Å². The Hall–Kier alpha value is -2.38. The van der Waals surface area contributed by atoms with Crippen molar-refractivity contribution in [2.24, 2.45) is 0 Å². The Labute approximate surface area is 160 Å². The summed E-state index contributed by atoms with van der Waals surface area (Å²) in [5.41, 5.74) is 2.35. The number of hydrogen-bond donors (Lipinski definition) is 0. The Balaban J connectivity index is 1.72. The van der Waals surface area contributed by atoms with Gasteiger partial charge in [0.2, 0.25) is 10.0 Å². The van der Waals surface area contributed by atoms with E-state index in [-0.39, 0.29) is 5.78 Å². The molecule has 1 aliphatic rings. The maximum atomic E-state index is 13.0. The van der Waals surface area contributed by atoms with Gasteiger partial charge in [-0.05, 0) is 61.9 Å². The fourth-order valence-corrected chi connectivity index (χ4v) is 4.90. The van der Waals surface area contributed by atoms with E-state index in [2.05, 4.69) is 4.90 Å². The normalized spacial score (nSPS) is 15.6. The van der Waals surface area contributed by atoms with Crippen LogP contribution in [0.15, 0.2) is 47.4 Å². The third-order valence-corrected chi connectivity index (χ3v) is 6.94. The quantitative estimate of drug-likeness (QED) is 0.737. The van der Waals surface area contributed by atoms with Gasteiger partial charge in [-0.15, -0.1) is 0 Å². The van der Waals surface area contributed by atoms with E-state index < -0.39 is 10.0 Å². The van der Waals surface area contributed by atoms with Crippen molar-refractivity contribution >= 4 is 21.5 Å². The summed E-state index contributed by atoms with van der Waals surface area (Å²) in [5.74, 6) is 0.678. The number of carbonyl (C=O) groups is 1. The number of ketones is 1. The van der Waals surface area contributed by atoms with E-state index in [4.69, 9.17) is 4.74 Å². The predicted molar refractivity (Wildman–Crippen MR) is 105 cm³/mol. The summed E-state index contributed by atoms with van der Waals surface area (Å²) in [5, 5.41) is 0. The van der Waals surface area contributed by atoms with Crippen LogP contribution in [0, 0.1) is 6.92 Å². The molecular formula is C20H24N2O4S. The first kappa shape index (κ1) is 19.4. The molecule has 0 N–H and O–H groups in total. The first-order valence-electron chi connectivity index (χ1n) is 8.83. The minimum atomic E-state index is -3.53. The van der Waals surface area contributed by atoms with Crippen LogP contribution in [-0.4, -0.2) is 51.8 Å². The number of nitrogens with zero attached hydrogens (tertiary/aromatic N) is 2. The summed E-state index contributed by atoms with van der Waals surface area (Å²) in [6.45, 7) is 5.37. The highest BCUT2D eigenvalue weighted by Crippen LogP contribution is 2.26. The third kappa shape index (κ3) is 3.99. The van der Waals surface area contributed by atoms with Crippen LogP contribution in [-0.2, 0) is 10.0 Å². The smallest absolute Gasteiger partial charge is 0.243 e. The number of piperazine rings is 1. The first-order valence-corrected chi connectivity index (χ1v) is 10.3. The molecule has 0 amide bonds. The molecule has 0 aromatic heterocycles. The standard InChI is InChI=1S/C20H24N2O4S/c1-15-14-19(26-3)8-9-20(15)27(24,25)22-12-10-21(11-13-22)18-6-4-17(5-7-18)16(2)23/h4-9,14H,10-13H2,1-3H3. The van der Waals surface area contributed by atoms with Crippen LogP contribution in [0.25, 0.3) is 0 Å². The van der Waals surface area contributed by atoms with Gasteiger partial charge in [0.25, 0.3) is 0 Å². The topological polar surface area (TPSA) is 66.9 Å². The second kappa shape index (κ2) is 7.70. The van der Waals surface area contributed by atoms with Crippen molar-refractivity contribution in [1.29, 1.82) is 0 Å². The molecule has 0 saturated carbocycles. The van der Waals surface area contributed by atoms with Crippen LogP contribution < -0.4 is 9.64 Å². The highest BCUT2D eigenvalue weighted by molar-refractivity contribution is 7.89. The summed E-state index contributed by atoms with van der Waals surface area (Å²) in [7, 11) is -1.97. The molecule has 2 aromatic carbocycles. The summed E-state index contributed by atoms with van der Waals surface area (Å²) in [6.07, 6.45) is 0. The van der Waals surface area contributed by atoms with Gasteiger partial charge < -0.3 is 9.64 Å². The number of methoxy groups -OCH3 is 1. The zero-order valence-corrected chi connectivity index (χ0v) is 16.6. The first-order chi connectivity index (χ1) is 12.8. The second-order valence-electron chi connectivity index (χ2n) is 6.63. The Morgan fingerprint density at radius 1 is 1.00 bits per heavy atom. The van der Waals surface area contributed by atoms with Gasteiger partial charge in [-0.3, -0.25) is 4.79 Å². The van der Waals surface area contributed by atoms with Crippen LogP contribution in [0.2, 0.25) is 0 Å². The Morgan fingerprint density at radius 3 is 2.15 bits per heavy atom. The number of ether oxygens (including phenoxy) is 1. The molecule has 0 radical (unpaired) electrons. The SMILES string of the molecule is COc1ccc(S(=O)(=O)N2CCN(c3ccc(C(C)=O)cc3)CC2)c(C)c1. The zero-order valence-electron chi connectivity index (χ0n) is 15.8. The van der Waals surface area contributed by atoms with E-state index in [1.807, 2.05) is 24.3 Å². The highest BCUT2D eigenvalue weighted by atomic mass is 32.2. The van der Waals surface area contributed by atoms with Crippen molar-refractivity contribution in [1.82, 2.24) is 4.31 Å². The summed E-state index contributed by atoms with van der Waals surface area (Å²) in [6, 6.07) is 12.5. The molecule has 6 nitrogen and oxygen atoms in total. The van der Waals surface area contributed by atoms with Crippen molar-refractivity contribution in [3.8, 4) is 5.75 Å². The maximum Gasteiger partial charge on any atom is 0.243 e. The lowest BCUT2D eigenvalue weighted by atomic mass is 10.1. The average Bonchev–Trinajstić information content (AvgIpc) is 2.67. The lowest BCUT2D eigenvalue weighted by molar-refractivity contribution is 0.101. The Kier molecular flexibility index (Phi) is 5.53. The number of carbonyl (C=O) groups excluding carboxylic acids is 1. The molecule has 144 valence electrons. The Morgan fingerprint density at radius 2 is 1.63 bits per heavy atom. The molecule has 1 heterocycles. The number of benzene rings is 2. The second-order valence-corrected chi connectivity index (χ2v) is 8.53. The van der Waals surface area contributed by atoms with E-state index in [1.54, 1.807) is 39.2 Å². The summed E-state index contributed by atoms with van der Waals surface area (Å²) >= 11 is 0. The predicted octanol–water partition coefficient (Wildman–Crippen LogP) is 2.72. The van der Waals surface area contributed by atoms with Crippen LogP contribution >= 0.6 is 0 Å². The average molecular weight is 388 g/mol. The molecule has 1 fully saturated rings. The van der Waals surface area contributed by atoms with Gasteiger partial charge in [0.15, 0.2) is 5.78 Å². The van der Waals surface area contributed by atoms with Gasteiger partial charge in [-0.1, -0.05) is 0 Å². The van der Waals surface area contributed by atoms with Crippen molar-refractivity contribution in [3.63, 3.8) is 0 Å². The van der Waals surface area contributed by atoms with Gasteiger partial charge in [0.1, 0.15) is 5.75 Å². The molecule has 0 unspecified atom stereocenters. The molecule has 1 aliphatic heterocycles. The molecule has 0 aliphatic carbocycles. The van der Waals surface area contributed by atoms with E-state index in [0.717, 1.165) is 5.69 Å². The number of aryl methyl sites for hydroxylation is 1. The van der Waals surface area contributed by atoms with Gasteiger partial charge >= 0.3 is 0 Å². The Bertz CT molecular complexity index is 931. The lowest BCUT2D eigenvalue weighted by Crippen LogP contribution is -2.48. The monoisotopic (exact) mass is 388 g/mol. The number of anilines is 1. The van der Waals surface area contributed by atoms with Crippen molar-refractivity contribution < 1.29 is 17.9 Å². The number of rotatable bonds is 5. The van der Waals surface area contributed by atoms with Crippen molar-refractivity contribution in [3.05, 3.63) is 53.6 Å². The fourth-order valence-electron chi connectivity index (χ4n) is 3.27. The van der Waals surface area contributed by atoms with Gasteiger partial charge in [0.05, 0.1) is 12.0 Å². The molecule has 0 atom stereocenters. The molecule has 1 saturated heterocycles. The van der Waals surface area contributed by atoms with Gasteiger partial charge in [-0.2, -0.15) is 4.31 Å². The van der Waals surface area contributed by atoms with E-state index in [1.165, 1.54) is 4.31 Å². The summed E-state index contributed by atoms with van der Waals surface area (Å²) in [4.78, 5) is 13.9. The van der Waals surface area contributed by atoms with Crippen molar-refractivity contribution in [2.45, 2.75) is 18.7 Å². The number of sulfonamides is 1. The molecule has 0 spiro atoms. The molecular weight excluding hydrogens is 364 g/mol. The minimum absolute atomic E-state index is 0.0346. The minimum Gasteiger partial charge on any atom is -0.497 e. The van der Waals surface area contributed by atoms with Gasteiger partial charge in [0, 0.05) is 37.4 Å². The van der Waals surface area contributed by atoms with Crippen LogP contribution in [0.3, 0.4) is 0 Å². The van der Waals surface area contributed by atoms with Crippen LogP contribution in [0.5, 0.6) is 5.75 Å². The lowest BCUT2D eigenvalue weighted by Gasteiger charge is -2.35. The molecule has 3 rings (SSSR count). The zero-order chi connectivity index (χ0) is 19.6. The summed E-state index contributed by atoms with van der Waals surface area (Å²) < 4.78 is 32.7. The molecule has 7 heteroatoms. The van der Waals surface area contributed by atoms with E-state index in [9.17, 15) is 13.2 Å². The molecule has 0 bridgehead atoms. The highest BCUT2D eigenvalue weighted by Gasteiger charge is 2.29. The van der Waals surface area contributed by atoms with E-state index >= 15 is 0 Å². The number of hydrogen-bond acceptors (Lipinski definition) is 5. The largest absolute Gasteiger partial charge is 0.497 e. The van der Waals surface area contributed by atoms with Crippen LogP contribution in [0.4, 0.5) is 5.69 Å². The third-order valence-electron chi connectivity index (χ3n) is 4.88. The van der Waals surface area contributed by atoms with Gasteiger partial charge in [-0.25, -0.2) is 8.42 Å².